The van der Waals surface area contributed by atoms with E-state index in [2.05, 4.69) is 10.6 Å². The van der Waals surface area contributed by atoms with Crippen molar-refractivity contribution >= 4 is 12.1 Å². The summed E-state index contributed by atoms with van der Waals surface area (Å²) < 4.78 is 11.8. The predicted octanol–water partition coefficient (Wildman–Crippen LogP) is 2.12. The van der Waals surface area contributed by atoms with E-state index in [0.29, 0.717) is 0 Å². The normalized spacial score (nSPS) is 12.0. The molecule has 1 aromatic heterocycles. The molecule has 1 aromatic rings. The Morgan fingerprint density at radius 3 is 2.35 bits per heavy atom. The predicted molar refractivity (Wildman–Crippen MR) is 82.8 cm³/mol. The molecule has 1 amide bonds. The molecule has 0 aliphatic rings. The highest BCUT2D eigenvalue weighted by molar-refractivity contribution is 5.87. The number of aromatic nitrogens is 2. The maximum absolute atomic E-state index is 11.9. The maximum Gasteiger partial charge on any atom is 0.431 e. The molecule has 1 N–H and O–H groups in total. The number of ether oxygens (including phenoxy) is 2. The van der Waals surface area contributed by atoms with Crippen LogP contribution in [0.3, 0.4) is 0 Å². The highest BCUT2D eigenvalue weighted by atomic mass is 16.7. The largest absolute Gasteiger partial charge is 0.458 e. The Bertz CT molecular complexity index is 553. The van der Waals surface area contributed by atoms with Crippen molar-refractivity contribution in [2.24, 2.45) is 7.05 Å². The molecule has 8 heteroatoms. The standard InChI is InChI=1S/C15H25N3O5/c1-10-8-11(16-18(10)7)12(19)21-9-15(5,6)23-17-13(20)22-14(2,3)4/h8H,9H2,1-7H3,(H,17,20). The summed E-state index contributed by atoms with van der Waals surface area (Å²) >= 11 is 0. The first-order valence-corrected chi connectivity index (χ1v) is 7.24. The molecule has 130 valence electrons. The summed E-state index contributed by atoms with van der Waals surface area (Å²) in [5, 5.41) is 4.04. The van der Waals surface area contributed by atoms with Crippen molar-refractivity contribution in [2.45, 2.75) is 52.7 Å². The molecule has 0 atom stereocenters. The molecule has 0 fully saturated rings. The van der Waals surface area contributed by atoms with Crippen LogP contribution in [-0.4, -0.2) is 39.7 Å². The topological polar surface area (TPSA) is 91.7 Å². The fourth-order valence-electron chi connectivity index (χ4n) is 1.48. The average Bonchev–Trinajstić information content (AvgIpc) is 2.72. The van der Waals surface area contributed by atoms with Gasteiger partial charge >= 0.3 is 12.1 Å². The van der Waals surface area contributed by atoms with Gasteiger partial charge in [0.1, 0.15) is 17.8 Å². The summed E-state index contributed by atoms with van der Waals surface area (Å²) in [6.45, 7) is 10.3. The molecule has 0 spiro atoms. The summed E-state index contributed by atoms with van der Waals surface area (Å²) in [5.74, 6) is -0.553. The van der Waals surface area contributed by atoms with E-state index in [1.54, 1.807) is 52.4 Å². The minimum Gasteiger partial charge on any atom is -0.458 e. The zero-order valence-corrected chi connectivity index (χ0v) is 14.7. The molecule has 1 rings (SSSR count). The van der Waals surface area contributed by atoms with Crippen LogP contribution in [-0.2, 0) is 21.4 Å². The average molecular weight is 327 g/mol. The van der Waals surface area contributed by atoms with Crippen molar-refractivity contribution in [1.29, 1.82) is 0 Å². The van der Waals surface area contributed by atoms with Crippen LogP contribution in [0.15, 0.2) is 6.07 Å². The van der Waals surface area contributed by atoms with Gasteiger partial charge in [-0.05, 0) is 47.6 Å². The van der Waals surface area contributed by atoms with Gasteiger partial charge in [0.15, 0.2) is 5.69 Å². The summed E-state index contributed by atoms with van der Waals surface area (Å²) in [5.41, 5.74) is 1.71. The van der Waals surface area contributed by atoms with Crippen LogP contribution in [0.5, 0.6) is 0 Å². The van der Waals surface area contributed by atoms with Gasteiger partial charge in [-0.2, -0.15) is 10.6 Å². The molecule has 0 aliphatic heterocycles. The van der Waals surface area contributed by atoms with Crippen LogP contribution in [0.1, 0.15) is 50.8 Å². The van der Waals surface area contributed by atoms with Crippen LogP contribution in [0, 0.1) is 6.92 Å². The summed E-state index contributed by atoms with van der Waals surface area (Å²) in [6.07, 6.45) is -0.711. The molecule has 0 aromatic carbocycles. The van der Waals surface area contributed by atoms with Gasteiger partial charge in [-0.25, -0.2) is 9.59 Å². The second kappa shape index (κ2) is 6.99. The molecule has 0 radical (unpaired) electrons. The van der Waals surface area contributed by atoms with Gasteiger partial charge in [-0.1, -0.05) is 0 Å². The fourth-order valence-corrected chi connectivity index (χ4v) is 1.48. The number of amides is 1. The third-order valence-electron chi connectivity index (χ3n) is 2.68. The number of hydrogen-bond acceptors (Lipinski definition) is 6. The van der Waals surface area contributed by atoms with Crippen molar-refractivity contribution < 1.29 is 23.9 Å². The number of nitrogens with zero attached hydrogens (tertiary/aromatic N) is 2. The van der Waals surface area contributed by atoms with Crippen molar-refractivity contribution in [3.8, 4) is 0 Å². The van der Waals surface area contributed by atoms with Crippen molar-refractivity contribution in [2.75, 3.05) is 6.61 Å². The van der Waals surface area contributed by atoms with Gasteiger partial charge in [0.25, 0.3) is 0 Å². The summed E-state index contributed by atoms with van der Waals surface area (Å²) in [6, 6.07) is 1.63. The first kappa shape index (κ1) is 19.0. The Kier molecular flexibility index (Phi) is 5.76. The Morgan fingerprint density at radius 2 is 1.87 bits per heavy atom. The van der Waals surface area contributed by atoms with E-state index < -0.39 is 23.3 Å². The van der Waals surface area contributed by atoms with Crippen molar-refractivity contribution in [1.82, 2.24) is 15.3 Å². The highest BCUT2D eigenvalue weighted by Gasteiger charge is 2.25. The zero-order valence-electron chi connectivity index (χ0n) is 14.7. The number of aryl methyl sites for hydroxylation is 2. The molecule has 0 saturated heterocycles. The zero-order chi connectivity index (χ0) is 17.8. The fraction of sp³-hybridized carbons (Fsp3) is 0.667. The number of carbonyl (C=O) groups excluding carboxylic acids is 2. The van der Waals surface area contributed by atoms with E-state index in [1.165, 1.54) is 0 Å². The first-order valence-electron chi connectivity index (χ1n) is 7.24. The summed E-state index contributed by atoms with van der Waals surface area (Å²) in [4.78, 5) is 28.7. The van der Waals surface area contributed by atoms with Crippen LogP contribution in [0.2, 0.25) is 0 Å². The number of esters is 1. The van der Waals surface area contributed by atoms with E-state index in [-0.39, 0.29) is 12.3 Å². The van der Waals surface area contributed by atoms with Crippen molar-refractivity contribution in [3.05, 3.63) is 17.5 Å². The third-order valence-corrected chi connectivity index (χ3v) is 2.68. The van der Waals surface area contributed by atoms with E-state index in [4.69, 9.17) is 14.3 Å². The lowest BCUT2D eigenvalue weighted by molar-refractivity contribution is -0.111. The second-order valence-electron chi connectivity index (χ2n) is 6.84. The number of hydrogen-bond donors (Lipinski definition) is 1. The minimum absolute atomic E-state index is 0.0583. The van der Waals surface area contributed by atoms with Gasteiger partial charge in [-0.15, -0.1) is 0 Å². The lowest BCUT2D eigenvalue weighted by Crippen LogP contribution is -2.42. The van der Waals surface area contributed by atoms with Gasteiger partial charge in [-0.3, -0.25) is 9.52 Å². The molecule has 23 heavy (non-hydrogen) atoms. The molecule has 1 heterocycles. The molecular weight excluding hydrogens is 302 g/mol. The second-order valence-corrected chi connectivity index (χ2v) is 6.84. The molecule has 0 aliphatic carbocycles. The lowest BCUT2D eigenvalue weighted by Gasteiger charge is -2.25. The molecule has 0 bridgehead atoms. The summed E-state index contributed by atoms with van der Waals surface area (Å²) in [7, 11) is 1.74. The number of carbonyl (C=O) groups is 2. The Balaban J connectivity index is 2.46. The number of nitrogens with one attached hydrogen (secondary N) is 1. The van der Waals surface area contributed by atoms with E-state index in [9.17, 15) is 9.59 Å². The number of hydroxylamine groups is 1. The highest BCUT2D eigenvalue weighted by Crippen LogP contribution is 2.12. The van der Waals surface area contributed by atoms with Crippen LogP contribution in [0.25, 0.3) is 0 Å². The molecule has 0 unspecified atom stereocenters. The quantitative estimate of drug-likeness (QED) is 0.658. The van der Waals surface area contributed by atoms with Crippen LogP contribution < -0.4 is 5.48 Å². The number of rotatable bonds is 5. The van der Waals surface area contributed by atoms with Gasteiger partial charge in [0, 0.05) is 12.7 Å². The van der Waals surface area contributed by atoms with E-state index in [1.807, 2.05) is 6.92 Å². The van der Waals surface area contributed by atoms with E-state index >= 15 is 0 Å². The monoisotopic (exact) mass is 327 g/mol. The SMILES string of the molecule is Cc1cc(C(=O)OCC(C)(C)ONC(=O)OC(C)(C)C)nn1C. The van der Waals surface area contributed by atoms with Gasteiger partial charge < -0.3 is 9.47 Å². The first-order chi connectivity index (χ1) is 10.4. The molecular formula is C15H25N3O5. The van der Waals surface area contributed by atoms with Crippen LogP contribution >= 0.6 is 0 Å². The molecule has 8 nitrogen and oxygen atoms in total. The van der Waals surface area contributed by atoms with Crippen molar-refractivity contribution in [3.63, 3.8) is 0 Å². The Morgan fingerprint density at radius 1 is 1.26 bits per heavy atom. The molecule has 0 saturated carbocycles. The smallest absolute Gasteiger partial charge is 0.431 e. The van der Waals surface area contributed by atoms with Gasteiger partial charge in [0.05, 0.1) is 0 Å². The maximum atomic E-state index is 11.9. The van der Waals surface area contributed by atoms with Crippen LogP contribution in [0.4, 0.5) is 4.79 Å². The minimum atomic E-state index is -0.920. The van der Waals surface area contributed by atoms with E-state index in [0.717, 1.165) is 5.69 Å². The van der Waals surface area contributed by atoms with Gasteiger partial charge in [0.2, 0.25) is 0 Å². The lowest BCUT2D eigenvalue weighted by atomic mass is 10.2. The Labute approximate surface area is 136 Å². The third kappa shape index (κ3) is 6.68. The Hall–Kier alpha value is -2.09.